The van der Waals surface area contributed by atoms with Crippen molar-refractivity contribution >= 4 is 40.9 Å². The molecule has 2 aromatic carbocycles. The summed E-state index contributed by atoms with van der Waals surface area (Å²) in [6.45, 7) is 8.81. The number of hydrogen-bond acceptors (Lipinski definition) is 7. The molecular formula is C24H27ClN4O4S. The van der Waals surface area contributed by atoms with Gasteiger partial charge in [0.2, 0.25) is 5.91 Å². The summed E-state index contributed by atoms with van der Waals surface area (Å²) in [7, 11) is 0. The number of hydrogen-bond donors (Lipinski definition) is 1. The van der Waals surface area contributed by atoms with Crippen LogP contribution in [-0.4, -0.2) is 39.0 Å². The lowest BCUT2D eigenvalue weighted by Crippen LogP contribution is -2.15. The zero-order chi connectivity index (χ0) is 24.7. The molecule has 180 valence electrons. The van der Waals surface area contributed by atoms with Gasteiger partial charge in [-0.2, -0.15) is 0 Å². The summed E-state index contributed by atoms with van der Waals surface area (Å²) < 4.78 is 12.8. The average Bonchev–Trinajstić information content (AvgIpc) is 3.22. The number of aromatic nitrogens is 3. The average molecular weight is 503 g/mol. The van der Waals surface area contributed by atoms with E-state index in [2.05, 4.69) is 15.5 Å². The number of esters is 1. The second-order valence-corrected chi connectivity index (χ2v) is 8.76. The Morgan fingerprint density at radius 1 is 1.09 bits per heavy atom. The maximum Gasteiger partial charge on any atom is 0.338 e. The van der Waals surface area contributed by atoms with E-state index in [-0.39, 0.29) is 18.3 Å². The van der Waals surface area contributed by atoms with Gasteiger partial charge in [0.25, 0.3) is 0 Å². The molecule has 0 saturated carbocycles. The van der Waals surface area contributed by atoms with Crippen LogP contribution >= 0.6 is 23.4 Å². The van der Waals surface area contributed by atoms with Gasteiger partial charge >= 0.3 is 5.97 Å². The molecule has 0 spiro atoms. The van der Waals surface area contributed by atoms with Gasteiger partial charge in [0, 0.05) is 17.3 Å². The second-order valence-electron chi connectivity index (χ2n) is 7.44. The Bertz CT molecular complexity index is 1140. The number of benzene rings is 2. The Morgan fingerprint density at radius 3 is 2.38 bits per heavy atom. The minimum absolute atomic E-state index is 0.161. The first-order valence-corrected chi connectivity index (χ1v) is 12.2. The highest BCUT2D eigenvalue weighted by molar-refractivity contribution is 7.99. The SMILES string of the molecule is CCOC(=O)c1ccc(NC(=O)CSc2nnc(COc3cc(C)c(Cl)c(C)c3)n2CC)cc1. The van der Waals surface area contributed by atoms with Gasteiger partial charge in [0.15, 0.2) is 11.0 Å². The van der Waals surface area contributed by atoms with Crippen LogP contribution in [0.15, 0.2) is 41.6 Å². The molecule has 0 radical (unpaired) electrons. The smallest absolute Gasteiger partial charge is 0.338 e. The highest BCUT2D eigenvalue weighted by atomic mass is 35.5. The first kappa shape index (κ1) is 25.6. The van der Waals surface area contributed by atoms with Gasteiger partial charge in [-0.25, -0.2) is 4.79 Å². The zero-order valence-electron chi connectivity index (χ0n) is 19.6. The summed E-state index contributed by atoms with van der Waals surface area (Å²) in [5.41, 5.74) is 2.93. The van der Waals surface area contributed by atoms with Crippen molar-refractivity contribution in [2.45, 2.75) is 46.0 Å². The molecule has 1 amide bonds. The van der Waals surface area contributed by atoms with Gasteiger partial charge in [-0.15, -0.1) is 10.2 Å². The Balaban J connectivity index is 1.56. The van der Waals surface area contributed by atoms with Crippen molar-refractivity contribution in [3.05, 3.63) is 63.9 Å². The van der Waals surface area contributed by atoms with E-state index in [4.69, 9.17) is 21.1 Å². The van der Waals surface area contributed by atoms with Crippen LogP contribution in [0.2, 0.25) is 5.02 Å². The molecule has 34 heavy (non-hydrogen) atoms. The first-order chi connectivity index (χ1) is 16.3. The Labute approximate surface area is 208 Å². The number of halogens is 1. The minimum atomic E-state index is -0.393. The molecule has 3 rings (SSSR count). The largest absolute Gasteiger partial charge is 0.486 e. The number of anilines is 1. The molecule has 10 heteroatoms. The van der Waals surface area contributed by atoms with Crippen LogP contribution in [0.1, 0.15) is 41.2 Å². The van der Waals surface area contributed by atoms with Crippen LogP contribution in [-0.2, 0) is 22.7 Å². The van der Waals surface area contributed by atoms with Crippen LogP contribution in [0, 0.1) is 13.8 Å². The Kier molecular flexibility index (Phi) is 8.95. The van der Waals surface area contributed by atoms with E-state index < -0.39 is 5.97 Å². The summed E-state index contributed by atoms with van der Waals surface area (Å²) >= 11 is 7.52. The molecule has 1 N–H and O–H groups in total. The van der Waals surface area contributed by atoms with Crippen molar-refractivity contribution < 1.29 is 19.1 Å². The number of ether oxygens (including phenoxy) is 2. The maximum absolute atomic E-state index is 12.4. The van der Waals surface area contributed by atoms with E-state index >= 15 is 0 Å². The van der Waals surface area contributed by atoms with Gasteiger partial charge in [-0.1, -0.05) is 23.4 Å². The number of carbonyl (C=O) groups excluding carboxylic acids is 2. The van der Waals surface area contributed by atoms with Gasteiger partial charge in [0.05, 0.1) is 17.9 Å². The number of rotatable bonds is 10. The molecule has 0 unspecified atom stereocenters. The third kappa shape index (κ3) is 6.51. The van der Waals surface area contributed by atoms with Gasteiger partial charge in [-0.3, -0.25) is 4.79 Å². The predicted octanol–water partition coefficient (Wildman–Crippen LogP) is 5.05. The number of nitrogens with zero attached hydrogens (tertiary/aromatic N) is 3. The number of amides is 1. The van der Waals surface area contributed by atoms with Crippen LogP contribution < -0.4 is 10.1 Å². The van der Waals surface area contributed by atoms with Crippen molar-refractivity contribution in [3.8, 4) is 5.75 Å². The lowest BCUT2D eigenvalue weighted by molar-refractivity contribution is -0.113. The summed E-state index contributed by atoms with van der Waals surface area (Å²) in [5, 5.41) is 12.6. The third-order valence-electron chi connectivity index (χ3n) is 4.90. The van der Waals surface area contributed by atoms with E-state index in [0.717, 1.165) is 16.1 Å². The molecule has 0 saturated heterocycles. The monoisotopic (exact) mass is 502 g/mol. The predicted molar refractivity (Wildman–Crippen MR) is 133 cm³/mol. The molecule has 0 fully saturated rings. The van der Waals surface area contributed by atoms with Crippen molar-refractivity contribution in [3.63, 3.8) is 0 Å². The maximum atomic E-state index is 12.4. The number of nitrogens with one attached hydrogen (secondary N) is 1. The quantitative estimate of drug-likeness (QED) is 0.306. The topological polar surface area (TPSA) is 95.3 Å². The molecule has 8 nitrogen and oxygen atoms in total. The highest BCUT2D eigenvalue weighted by Crippen LogP contribution is 2.26. The summed E-state index contributed by atoms with van der Waals surface area (Å²) in [6.07, 6.45) is 0. The van der Waals surface area contributed by atoms with E-state index in [9.17, 15) is 9.59 Å². The van der Waals surface area contributed by atoms with Crippen LogP contribution in [0.5, 0.6) is 5.75 Å². The summed E-state index contributed by atoms with van der Waals surface area (Å²) in [4.78, 5) is 24.1. The lowest BCUT2D eigenvalue weighted by Gasteiger charge is -2.11. The third-order valence-corrected chi connectivity index (χ3v) is 6.46. The summed E-state index contributed by atoms with van der Waals surface area (Å²) in [6, 6.07) is 10.3. The molecule has 1 heterocycles. The number of thioether (sulfide) groups is 1. The first-order valence-electron chi connectivity index (χ1n) is 10.8. The van der Waals surface area contributed by atoms with Crippen LogP contribution in [0.4, 0.5) is 5.69 Å². The van der Waals surface area contributed by atoms with Gasteiger partial charge in [-0.05, 0) is 75.2 Å². The standard InChI is InChI=1S/C24H27ClN4O4S/c1-5-29-20(13-33-19-11-15(3)22(25)16(4)12-19)27-28-24(29)34-14-21(30)26-18-9-7-17(8-10-18)23(31)32-6-2/h7-12H,5-6,13-14H2,1-4H3,(H,26,30). The molecule has 0 aliphatic carbocycles. The van der Waals surface area contributed by atoms with E-state index in [1.807, 2.05) is 37.5 Å². The number of aryl methyl sites for hydroxylation is 2. The van der Waals surface area contributed by atoms with Crippen molar-refractivity contribution in [1.82, 2.24) is 14.8 Å². The summed E-state index contributed by atoms with van der Waals surface area (Å²) in [5.74, 6) is 0.965. The van der Waals surface area contributed by atoms with Crippen LogP contribution in [0.3, 0.4) is 0 Å². The van der Waals surface area contributed by atoms with E-state index in [1.54, 1.807) is 31.2 Å². The lowest BCUT2D eigenvalue weighted by atomic mass is 10.1. The highest BCUT2D eigenvalue weighted by Gasteiger charge is 2.15. The molecule has 1 aromatic heterocycles. The molecule has 0 aliphatic rings. The second kappa shape index (κ2) is 11.9. The van der Waals surface area contributed by atoms with Gasteiger partial charge < -0.3 is 19.4 Å². The molecule has 0 aliphatic heterocycles. The fraction of sp³-hybridized carbons (Fsp3) is 0.333. The Hall–Kier alpha value is -3.04. The zero-order valence-corrected chi connectivity index (χ0v) is 21.1. The van der Waals surface area contributed by atoms with E-state index in [0.29, 0.717) is 41.1 Å². The minimum Gasteiger partial charge on any atom is -0.486 e. The van der Waals surface area contributed by atoms with Gasteiger partial charge in [0.1, 0.15) is 12.4 Å². The fourth-order valence-electron chi connectivity index (χ4n) is 3.22. The molecular weight excluding hydrogens is 476 g/mol. The normalized spacial score (nSPS) is 10.7. The fourth-order valence-corrected chi connectivity index (χ4v) is 4.15. The molecule has 0 bridgehead atoms. The molecule has 3 aromatic rings. The number of carbonyl (C=O) groups is 2. The molecule has 0 atom stereocenters. The Morgan fingerprint density at radius 2 is 1.76 bits per heavy atom. The van der Waals surface area contributed by atoms with Crippen molar-refractivity contribution in [2.24, 2.45) is 0 Å². The van der Waals surface area contributed by atoms with Crippen molar-refractivity contribution in [2.75, 3.05) is 17.7 Å². The van der Waals surface area contributed by atoms with E-state index in [1.165, 1.54) is 11.8 Å². The van der Waals surface area contributed by atoms with Crippen molar-refractivity contribution in [1.29, 1.82) is 0 Å². The van der Waals surface area contributed by atoms with Crippen LogP contribution in [0.25, 0.3) is 0 Å².